The molecule has 0 aliphatic rings. The summed E-state index contributed by atoms with van der Waals surface area (Å²) >= 11 is 3.24. The Morgan fingerprint density at radius 2 is 1.81 bits per heavy atom. The van der Waals surface area contributed by atoms with E-state index in [0.29, 0.717) is 4.47 Å². The van der Waals surface area contributed by atoms with Gasteiger partial charge in [0.2, 0.25) is 0 Å². The topological polar surface area (TPSA) is 166 Å². The number of phenols is 1. The van der Waals surface area contributed by atoms with E-state index in [9.17, 15) is 30.1 Å². The number of carbonyl (C=O) groups excluding carboxylic acids is 1. The van der Waals surface area contributed by atoms with Gasteiger partial charge in [0.25, 0.3) is 17.3 Å². The number of rotatable bonds is 7. The first-order valence-electron chi connectivity index (χ1n) is 8.51. The first-order valence-corrected chi connectivity index (χ1v) is 9.31. The fourth-order valence-electron chi connectivity index (χ4n) is 2.51. The zero-order valence-corrected chi connectivity index (χ0v) is 17.1. The maximum Gasteiger partial charge on any atom is 0.293 e. The van der Waals surface area contributed by atoms with Crippen LogP contribution >= 0.6 is 15.9 Å². The van der Waals surface area contributed by atoms with Crippen molar-refractivity contribution >= 4 is 39.4 Å². The molecular formula is C18H13BrN6O6. The molecule has 0 aliphatic heterocycles. The van der Waals surface area contributed by atoms with E-state index in [1.807, 2.05) is 0 Å². The number of benzene rings is 2. The Kier molecular flexibility index (Phi) is 6.35. The predicted molar refractivity (Wildman–Crippen MR) is 112 cm³/mol. The molecule has 12 nitrogen and oxygen atoms in total. The second-order valence-electron chi connectivity index (χ2n) is 6.15. The normalized spacial score (nSPS) is 10.9. The lowest BCUT2D eigenvalue weighted by molar-refractivity contribution is -0.385. The Morgan fingerprint density at radius 1 is 1.16 bits per heavy atom. The van der Waals surface area contributed by atoms with Gasteiger partial charge in [0.1, 0.15) is 5.75 Å². The van der Waals surface area contributed by atoms with E-state index >= 15 is 0 Å². The molecule has 13 heteroatoms. The molecule has 3 aromatic rings. The van der Waals surface area contributed by atoms with E-state index in [0.717, 1.165) is 30.0 Å². The van der Waals surface area contributed by atoms with Gasteiger partial charge < -0.3 is 5.11 Å². The van der Waals surface area contributed by atoms with Gasteiger partial charge in [0.05, 0.1) is 27.1 Å². The van der Waals surface area contributed by atoms with Crippen LogP contribution in [0.2, 0.25) is 0 Å². The number of nitro benzene ring substituents is 2. The Balaban J connectivity index is 1.68. The fraction of sp³-hybridized carbons (Fsp3) is 0.0556. The first kappa shape index (κ1) is 21.6. The highest BCUT2D eigenvalue weighted by molar-refractivity contribution is 9.10. The van der Waals surface area contributed by atoms with Crippen molar-refractivity contribution < 1.29 is 19.7 Å². The smallest absolute Gasteiger partial charge is 0.293 e. The van der Waals surface area contributed by atoms with Crippen LogP contribution in [0.4, 0.5) is 11.4 Å². The molecule has 0 unspecified atom stereocenters. The van der Waals surface area contributed by atoms with Crippen molar-refractivity contribution in [1.82, 2.24) is 15.2 Å². The van der Waals surface area contributed by atoms with Crippen LogP contribution in [0.3, 0.4) is 0 Å². The summed E-state index contributed by atoms with van der Waals surface area (Å²) in [4.78, 5) is 32.7. The summed E-state index contributed by atoms with van der Waals surface area (Å²) in [7, 11) is 0. The molecule has 1 aromatic heterocycles. The van der Waals surface area contributed by atoms with Gasteiger partial charge in [0.15, 0.2) is 5.69 Å². The van der Waals surface area contributed by atoms with E-state index in [1.165, 1.54) is 16.8 Å². The molecule has 0 fully saturated rings. The molecule has 3 rings (SSSR count). The van der Waals surface area contributed by atoms with Gasteiger partial charge in [0, 0.05) is 36.0 Å². The maximum absolute atomic E-state index is 12.3. The second-order valence-corrected chi connectivity index (χ2v) is 7.00. The number of aromatic hydroxyl groups is 1. The zero-order valence-electron chi connectivity index (χ0n) is 15.5. The molecule has 1 amide bonds. The number of nitro groups is 2. The third-order valence-corrected chi connectivity index (χ3v) is 4.60. The standard InChI is InChI=1S/C18H13BrN6O6/c19-15-10-23(9-11-1-3-13(4-2-11)24(28)29)22-17(15)18(27)21-20-8-12-7-14(25(30)31)5-6-16(12)26/h1-8,10,26H,9H2,(H,21,27)/b20-8-. The first-order chi connectivity index (χ1) is 14.7. The minimum atomic E-state index is -0.657. The zero-order chi connectivity index (χ0) is 22.5. The van der Waals surface area contributed by atoms with E-state index in [-0.39, 0.29) is 34.9 Å². The summed E-state index contributed by atoms with van der Waals surface area (Å²) in [5.41, 5.74) is 2.79. The maximum atomic E-state index is 12.3. The van der Waals surface area contributed by atoms with Gasteiger partial charge in [-0.2, -0.15) is 10.2 Å². The van der Waals surface area contributed by atoms with E-state index in [4.69, 9.17) is 0 Å². The number of carbonyl (C=O) groups is 1. The number of nitrogens with one attached hydrogen (secondary N) is 1. The van der Waals surface area contributed by atoms with Crippen molar-refractivity contribution in [3.63, 3.8) is 0 Å². The van der Waals surface area contributed by atoms with Gasteiger partial charge in [-0.3, -0.25) is 29.7 Å². The van der Waals surface area contributed by atoms with Gasteiger partial charge in [-0.05, 0) is 27.6 Å². The van der Waals surface area contributed by atoms with Gasteiger partial charge >= 0.3 is 0 Å². The monoisotopic (exact) mass is 488 g/mol. The molecule has 2 N–H and O–H groups in total. The molecule has 0 atom stereocenters. The molecule has 0 radical (unpaired) electrons. The van der Waals surface area contributed by atoms with E-state index < -0.39 is 15.8 Å². The predicted octanol–water partition coefficient (Wildman–Crippen LogP) is 2.98. The molecular weight excluding hydrogens is 476 g/mol. The molecule has 0 saturated carbocycles. The molecule has 158 valence electrons. The van der Waals surface area contributed by atoms with Crippen molar-refractivity contribution in [2.24, 2.45) is 5.10 Å². The van der Waals surface area contributed by atoms with Crippen LogP contribution in [0.15, 0.2) is 58.2 Å². The average Bonchev–Trinajstić information content (AvgIpc) is 3.09. The summed E-state index contributed by atoms with van der Waals surface area (Å²) in [6.07, 6.45) is 2.63. The van der Waals surface area contributed by atoms with Crippen LogP contribution in [0, 0.1) is 20.2 Å². The average molecular weight is 489 g/mol. The number of hydrogen-bond acceptors (Lipinski definition) is 8. The van der Waals surface area contributed by atoms with Crippen molar-refractivity contribution in [3.8, 4) is 5.75 Å². The molecule has 0 spiro atoms. The van der Waals surface area contributed by atoms with Crippen molar-refractivity contribution in [2.75, 3.05) is 0 Å². The van der Waals surface area contributed by atoms with Crippen LogP contribution in [0.5, 0.6) is 5.75 Å². The SMILES string of the molecule is O=C(N/N=C\c1cc([N+](=O)[O-])ccc1O)c1nn(Cc2ccc([N+](=O)[O-])cc2)cc1Br. The number of phenolic OH excluding ortho intramolecular Hbond substituents is 1. The van der Waals surface area contributed by atoms with Crippen molar-refractivity contribution in [1.29, 1.82) is 0 Å². The number of halogens is 1. The number of amides is 1. The second kappa shape index (κ2) is 9.13. The molecule has 0 bridgehead atoms. The Morgan fingerprint density at radius 3 is 2.45 bits per heavy atom. The third kappa shape index (κ3) is 5.27. The number of aromatic nitrogens is 2. The minimum Gasteiger partial charge on any atom is -0.507 e. The molecule has 31 heavy (non-hydrogen) atoms. The van der Waals surface area contributed by atoms with Crippen LogP contribution < -0.4 is 5.43 Å². The number of hydrazone groups is 1. The minimum absolute atomic E-state index is 0.0295. The third-order valence-electron chi connectivity index (χ3n) is 4.02. The molecule has 2 aromatic carbocycles. The van der Waals surface area contributed by atoms with Crippen molar-refractivity contribution in [3.05, 3.63) is 90.2 Å². The highest BCUT2D eigenvalue weighted by Crippen LogP contribution is 2.21. The van der Waals surface area contributed by atoms with Crippen LogP contribution in [-0.2, 0) is 6.54 Å². The van der Waals surface area contributed by atoms with Gasteiger partial charge in [-0.1, -0.05) is 12.1 Å². The summed E-state index contributed by atoms with van der Waals surface area (Å²) in [6, 6.07) is 9.32. The molecule has 0 saturated heterocycles. The van der Waals surface area contributed by atoms with Gasteiger partial charge in [-0.15, -0.1) is 0 Å². The summed E-state index contributed by atoms with van der Waals surface area (Å²) in [6.45, 7) is 0.273. The largest absolute Gasteiger partial charge is 0.507 e. The lowest BCUT2D eigenvalue weighted by Gasteiger charge is -2.02. The Bertz CT molecular complexity index is 1190. The van der Waals surface area contributed by atoms with Crippen LogP contribution in [0.1, 0.15) is 21.6 Å². The van der Waals surface area contributed by atoms with E-state index in [1.54, 1.807) is 18.3 Å². The van der Waals surface area contributed by atoms with Crippen LogP contribution in [0.25, 0.3) is 0 Å². The highest BCUT2D eigenvalue weighted by Gasteiger charge is 2.15. The Hall–Kier alpha value is -4.13. The lowest BCUT2D eigenvalue weighted by Crippen LogP contribution is -2.19. The molecule has 1 heterocycles. The fourth-order valence-corrected chi connectivity index (χ4v) is 3.01. The number of nitrogens with zero attached hydrogens (tertiary/aromatic N) is 5. The number of hydrogen-bond donors (Lipinski definition) is 2. The summed E-state index contributed by atoms with van der Waals surface area (Å²) in [5.74, 6) is -0.896. The van der Waals surface area contributed by atoms with Crippen LogP contribution in [-0.4, -0.2) is 36.9 Å². The quantitative estimate of drug-likeness (QED) is 0.292. The highest BCUT2D eigenvalue weighted by atomic mass is 79.9. The Labute approximate surface area is 182 Å². The summed E-state index contributed by atoms with van der Waals surface area (Å²) in [5, 5.41) is 39.1. The van der Waals surface area contributed by atoms with Crippen molar-refractivity contribution in [2.45, 2.75) is 6.54 Å². The van der Waals surface area contributed by atoms with E-state index in [2.05, 4.69) is 31.6 Å². The number of non-ortho nitro benzene ring substituents is 2. The molecule has 0 aliphatic carbocycles. The lowest BCUT2D eigenvalue weighted by atomic mass is 10.2. The summed E-state index contributed by atoms with van der Waals surface area (Å²) < 4.78 is 1.86. The van der Waals surface area contributed by atoms with Gasteiger partial charge in [-0.25, -0.2) is 5.43 Å².